The molecule has 0 atom stereocenters. The van der Waals surface area contributed by atoms with Gasteiger partial charge in [0.25, 0.3) is 0 Å². The lowest BCUT2D eigenvalue weighted by atomic mass is 10.1. The van der Waals surface area contributed by atoms with Gasteiger partial charge in [0.1, 0.15) is 0 Å². The van der Waals surface area contributed by atoms with Gasteiger partial charge in [0, 0.05) is 27.7 Å². The molecular formula is C12H7BrClNO2. The van der Waals surface area contributed by atoms with E-state index in [1.54, 1.807) is 18.3 Å². The van der Waals surface area contributed by atoms with Crippen LogP contribution in [-0.2, 0) is 4.79 Å². The molecule has 0 aliphatic heterocycles. The Morgan fingerprint density at radius 1 is 1.53 bits per heavy atom. The number of hydrogen-bond donors (Lipinski definition) is 1. The third kappa shape index (κ3) is 2.48. The first kappa shape index (κ1) is 12.1. The van der Waals surface area contributed by atoms with Crippen molar-refractivity contribution in [3.8, 4) is 0 Å². The van der Waals surface area contributed by atoms with Gasteiger partial charge < -0.3 is 5.11 Å². The lowest BCUT2D eigenvalue weighted by Crippen LogP contribution is -1.89. The van der Waals surface area contributed by atoms with E-state index in [0.29, 0.717) is 20.6 Å². The summed E-state index contributed by atoms with van der Waals surface area (Å²) in [5.74, 6) is -1.00. The number of nitrogens with zero attached hydrogens (tertiary/aromatic N) is 1. The van der Waals surface area contributed by atoms with Crippen LogP contribution in [0.2, 0.25) is 5.02 Å². The Balaban J connectivity index is 2.73. The molecule has 0 saturated heterocycles. The number of aliphatic carboxylic acids is 1. The zero-order valence-corrected chi connectivity index (χ0v) is 10.9. The van der Waals surface area contributed by atoms with Crippen molar-refractivity contribution >= 4 is 50.5 Å². The van der Waals surface area contributed by atoms with Gasteiger partial charge in [-0.25, -0.2) is 4.79 Å². The molecule has 0 bridgehead atoms. The maximum Gasteiger partial charge on any atom is 0.328 e. The molecule has 0 aliphatic carbocycles. The van der Waals surface area contributed by atoms with E-state index in [9.17, 15) is 4.79 Å². The first-order valence-corrected chi connectivity index (χ1v) is 5.90. The molecule has 86 valence electrons. The quantitative estimate of drug-likeness (QED) is 0.859. The number of benzene rings is 1. The van der Waals surface area contributed by atoms with Crippen LogP contribution in [0.3, 0.4) is 0 Å². The van der Waals surface area contributed by atoms with Gasteiger partial charge in [0.2, 0.25) is 0 Å². The molecule has 17 heavy (non-hydrogen) atoms. The minimum absolute atomic E-state index is 0.576. The monoisotopic (exact) mass is 311 g/mol. The highest BCUT2D eigenvalue weighted by Crippen LogP contribution is 2.32. The van der Waals surface area contributed by atoms with E-state index in [1.165, 1.54) is 6.08 Å². The van der Waals surface area contributed by atoms with E-state index >= 15 is 0 Å². The lowest BCUT2D eigenvalue weighted by molar-refractivity contribution is -0.131. The Hall–Kier alpha value is -1.39. The molecule has 2 rings (SSSR count). The third-order valence-corrected chi connectivity index (χ3v) is 3.19. The van der Waals surface area contributed by atoms with E-state index in [4.69, 9.17) is 16.7 Å². The number of aromatic nitrogens is 1. The Bertz CT molecular complexity index is 625. The molecule has 0 saturated carbocycles. The average Bonchev–Trinajstić information content (AvgIpc) is 2.28. The molecule has 1 aromatic carbocycles. The second kappa shape index (κ2) is 4.85. The summed E-state index contributed by atoms with van der Waals surface area (Å²) in [5, 5.41) is 10.0. The predicted octanol–water partition coefficient (Wildman–Crippen LogP) is 3.75. The van der Waals surface area contributed by atoms with Gasteiger partial charge in [0.05, 0.1) is 10.5 Å². The van der Waals surface area contributed by atoms with Crippen LogP contribution >= 0.6 is 27.5 Å². The lowest BCUT2D eigenvalue weighted by Gasteiger charge is -2.06. The van der Waals surface area contributed by atoms with Gasteiger partial charge in [-0.15, -0.1) is 0 Å². The van der Waals surface area contributed by atoms with Crippen molar-refractivity contribution in [2.24, 2.45) is 0 Å². The topological polar surface area (TPSA) is 50.2 Å². The smallest absolute Gasteiger partial charge is 0.328 e. The molecular weight excluding hydrogens is 305 g/mol. The van der Waals surface area contributed by atoms with E-state index in [-0.39, 0.29) is 0 Å². The summed E-state index contributed by atoms with van der Waals surface area (Å²) in [5.41, 5.74) is 1.37. The fraction of sp³-hybridized carbons (Fsp3) is 0. The summed E-state index contributed by atoms with van der Waals surface area (Å²) in [6.45, 7) is 0. The highest BCUT2D eigenvalue weighted by Gasteiger charge is 2.08. The van der Waals surface area contributed by atoms with E-state index < -0.39 is 5.97 Å². The second-order valence-corrected chi connectivity index (χ2v) is 4.59. The third-order valence-electron chi connectivity index (χ3n) is 2.22. The Kier molecular flexibility index (Phi) is 3.45. The van der Waals surface area contributed by atoms with Crippen LogP contribution in [0.5, 0.6) is 0 Å². The van der Waals surface area contributed by atoms with Crippen molar-refractivity contribution in [2.75, 3.05) is 0 Å². The molecule has 0 unspecified atom stereocenters. The summed E-state index contributed by atoms with van der Waals surface area (Å²) < 4.78 is 0.714. The predicted molar refractivity (Wildman–Crippen MR) is 71.1 cm³/mol. The Labute approximate surface area is 111 Å². The highest BCUT2D eigenvalue weighted by atomic mass is 79.9. The zero-order chi connectivity index (χ0) is 12.4. The molecule has 1 N–H and O–H groups in total. The molecule has 5 heteroatoms. The van der Waals surface area contributed by atoms with Crippen molar-refractivity contribution < 1.29 is 9.90 Å². The molecule has 0 radical (unpaired) electrons. The van der Waals surface area contributed by atoms with Gasteiger partial charge in [-0.2, -0.15) is 0 Å². The Morgan fingerprint density at radius 2 is 2.29 bits per heavy atom. The van der Waals surface area contributed by atoms with Gasteiger partial charge in [0.15, 0.2) is 0 Å². The van der Waals surface area contributed by atoms with E-state index in [1.807, 2.05) is 6.07 Å². The highest BCUT2D eigenvalue weighted by molar-refractivity contribution is 9.10. The maximum atomic E-state index is 10.5. The van der Waals surface area contributed by atoms with Gasteiger partial charge in [-0.1, -0.05) is 27.5 Å². The first-order valence-electron chi connectivity index (χ1n) is 4.73. The molecule has 0 amide bonds. The number of rotatable bonds is 2. The van der Waals surface area contributed by atoms with Crippen molar-refractivity contribution in [1.29, 1.82) is 0 Å². The molecule has 0 fully saturated rings. The average molecular weight is 313 g/mol. The van der Waals surface area contributed by atoms with Crippen LogP contribution < -0.4 is 0 Å². The van der Waals surface area contributed by atoms with Gasteiger partial charge >= 0.3 is 5.97 Å². The summed E-state index contributed by atoms with van der Waals surface area (Å²) >= 11 is 9.44. The van der Waals surface area contributed by atoms with Crippen molar-refractivity contribution in [3.05, 3.63) is 45.5 Å². The summed E-state index contributed by atoms with van der Waals surface area (Å²) in [4.78, 5) is 14.8. The van der Waals surface area contributed by atoms with Gasteiger partial charge in [-0.3, -0.25) is 4.98 Å². The first-order chi connectivity index (χ1) is 8.09. The molecule has 0 aliphatic rings. The van der Waals surface area contributed by atoms with E-state index in [0.717, 1.165) is 11.5 Å². The molecule has 1 aromatic heterocycles. The fourth-order valence-corrected chi connectivity index (χ4v) is 2.45. The number of halogens is 2. The standard InChI is InChI=1S/C12H7BrClNO2/c13-9-6-10(14)8-2-1-5-15-12(8)7(9)3-4-11(16)17/h1-6H,(H,16,17). The number of carbonyl (C=O) groups is 1. The van der Waals surface area contributed by atoms with Crippen LogP contribution in [0.1, 0.15) is 5.56 Å². The molecule has 3 nitrogen and oxygen atoms in total. The summed E-state index contributed by atoms with van der Waals surface area (Å²) in [6, 6.07) is 5.36. The fourth-order valence-electron chi connectivity index (χ4n) is 1.51. The minimum atomic E-state index is -1.00. The summed E-state index contributed by atoms with van der Waals surface area (Å²) in [6.07, 6.45) is 4.21. The van der Waals surface area contributed by atoms with Crippen molar-refractivity contribution in [3.63, 3.8) is 0 Å². The van der Waals surface area contributed by atoms with Crippen LogP contribution in [0, 0.1) is 0 Å². The van der Waals surface area contributed by atoms with Crippen LogP contribution in [0.25, 0.3) is 17.0 Å². The Morgan fingerprint density at radius 3 is 3.00 bits per heavy atom. The zero-order valence-electron chi connectivity index (χ0n) is 8.52. The van der Waals surface area contributed by atoms with Crippen LogP contribution in [0.4, 0.5) is 0 Å². The summed E-state index contributed by atoms with van der Waals surface area (Å²) in [7, 11) is 0. The van der Waals surface area contributed by atoms with Crippen molar-refractivity contribution in [2.45, 2.75) is 0 Å². The van der Waals surface area contributed by atoms with Crippen molar-refractivity contribution in [1.82, 2.24) is 4.98 Å². The van der Waals surface area contributed by atoms with Gasteiger partial charge in [-0.05, 0) is 24.3 Å². The molecule has 2 aromatic rings. The molecule has 0 spiro atoms. The van der Waals surface area contributed by atoms with Crippen LogP contribution in [0.15, 0.2) is 34.9 Å². The number of carboxylic acids is 1. The van der Waals surface area contributed by atoms with Crippen LogP contribution in [-0.4, -0.2) is 16.1 Å². The minimum Gasteiger partial charge on any atom is -0.478 e. The maximum absolute atomic E-state index is 10.5. The van der Waals surface area contributed by atoms with E-state index in [2.05, 4.69) is 20.9 Å². The SMILES string of the molecule is O=C(O)C=Cc1c(Br)cc(Cl)c2cccnc12. The number of carboxylic acid groups (broad SMARTS) is 1. The number of pyridine rings is 1. The molecule has 1 heterocycles. The largest absolute Gasteiger partial charge is 0.478 e. The second-order valence-electron chi connectivity index (χ2n) is 3.33. The number of fused-ring (bicyclic) bond motifs is 1. The number of hydrogen-bond acceptors (Lipinski definition) is 2. The normalized spacial score (nSPS) is 11.2.